The first-order chi connectivity index (χ1) is 10.1. The molecule has 21 heavy (non-hydrogen) atoms. The van der Waals surface area contributed by atoms with Crippen LogP contribution in [-0.4, -0.2) is 12.6 Å². The molecule has 0 aliphatic rings. The molecule has 2 rings (SSSR count). The highest BCUT2D eigenvalue weighted by atomic mass is 16.2. The van der Waals surface area contributed by atoms with E-state index in [-0.39, 0.29) is 6.03 Å². The SMILES string of the molecule is Cc1ccc(N)c(NC(=O)NCCc2ccccc2C)c1. The predicted molar refractivity (Wildman–Crippen MR) is 87.5 cm³/mol. The number of nitrogens with two attached hydrogens (primary N) is 1. The molecular formula is C17H21N3O. The van der Waals surface area contributed by atoms with Crippen molar-refractivity contribution in [3.63, 3.8) is 0 Å². The predicted octanol–water partition coefficient (Wildman–Crippen LogP) is 3.25. The topological polar surface area (TPSA) is 67.1 Å². The highest BCUT2D eigenvalue weighted by Crippen LogP contribution is 2.19. The molecule has 110 valence electrons. The molecule has 0 unspecified atom stereocenters. The number of aryl methyl sites for hydroxylation is 2. The van der Waals surface area contributed by atoms with Crippen LogP contribution >= 0.6 is 0 Å². The molecule has 0 saturated heterocycles. The minimum absolute atomic E-state index is 0.235. The lowest BCUT2D eigenvalue weighted by atomic mass is 10.1. The average Bonchev–Trinajstić information content (AvgIpc) is 2.45. The Bertz CT molecular complexity index is 638. The molecule has 4 heteroatoms. The first-order valence-corrected chi connectivity index (χ1v) is 7.02. The standard InChI is InChI=1S/C17H21N3O/c1-12-7-8-15(18)16(11-12)20-17(21)19-10-9-14-6-4-3-5-13(14)2/h3-8,11H,9-10,18H2,1-2H3,(H2,19,20,21). The number of hydrogen-bond acceptors (Lipinski definition) is 2. The lowest BCUT2D eigenvalue weighted by Crippen LogP contribution is -2.30. The summed E-state index contributed by atoms with van der Waals surface area (Å²) < 4.78 is 0. The van der Waals surface area contributed by atoms with E-state index in [0.717, 1.165) is 12.0 Å². The zero-order valence-electron chi connectivity index (χ0n) is 12.4. The van der Waals surface area contributed by atoms with Gasteiger partial charge in [0.1, 0.15) is 0 Å². The quantitative estimate of drug-likeness (QED) is 0.754. The molecule has 0 atom stereocenters. The van der Waals surface area contributed by atoms with Crippen molar-refractivity contribution in [2.24, 2.45) is 0 Å². The summed E-state index contributed by atoms with van der Waals surface area (Å²) in [4.78, 5) is 11.9. The summed E-state index contributed by atoms with van der Waals surface area (Å²) in [7, 11) is 0. The first-order valence-electron chi connectivity index (χ1n) is 7.02. The fourth-order valence-electron chi connectivity index (χ4n) is 2.15. The Morgan fingerprint density at radius 1 is 1.14 bits per heavy atom. The lowest BCUT2D eigenvalue weighted by Gasteiger charge is -2.11. The van der Waals surface area contributed by atoms with Gasteiger partial charge in [0.25, 0.3) is 0 Å². The van der Waals surface area contributed by atoms with Gasteiger partial charge in [-0.05, 0) is 49.1 Å². The third-order valence-electron chi connectivity index (χ3n) is 3.40. The molecule has 0 saturated carbocycles. The summed E-state index contributed by atoms with van der Waals surface area (Å²) in [6.07, 6.45) is 0.809. The molecule has 0 spiro atoms. The maximum absolute atomic E-state index is 11.9. The van der Waals surface area contributed by atoms with Gasteiger partial charge in [-0.15, -0.1) is 0 Å². The summed E-state index contributed by atoms with van der Waals surface area (Å²) in [5.41, 5.74) is 10.6. The number of nitrogen functional groups attached to an aromatic ring is 1. The van der Waals surface area contributed by atoms with Gasteiger partial charge in [0, 0.05) is 6.54 Å². The maximum atomic E-state index is 11.9. The van der Waals surface area contributed by atoms with Gasteiger partial charge in [0.15, 0.2) is 0 Å². The molecule has 4 nitrogen and oxygen atoms in total. The normalized spacial score (nSPS) is 10.2. The van der Waals surface area contributed by atoms with E-state index in [2.05, 4.69) is 29.7 Å². The number of hydrogen-bond donors (Lipinski definition) is 3. The van der Waals surface area contributed by atoms with E-state index in [1.165, 1.54) is 11.1 Å². The average molecular weight is 283 g/mol. The molecule has 4 N–H and O–H groups in total. The molecule has 0 aliphatic carbocycles. The Kier molecular flexibility index (Phi) is 4.82. The van der Waals surface area contributed by atoms with Crippen LogP contribution in [0.25, 0.3) is 0 Å². The number of rotatable bonds is 4. The molecule has 0 radical (unpaired) electrons. The van der Waals surface area contributed by atoms with Crippen LogP contribution in [0.4, 0.5) is 16.2 Å². The molecule has 2 amide bonds. The van der Waals surface area contributed by atoms with Gasteiger partial charge in [-0.1, -0.05) is 30.3 Å². The van der Waals surface area contributed by atoms with Crippen molar-refractivity contribution in [1.82, 2.24) is 5.32 Å². The lowest BCUT2D eigenvalue weighted by molar-refractivity contribution is 0.252. The minimum atomic E-state index is -0.235. The van der Waals surface area contributed by atoms with Crippen molar-refractivity contribution < 1.29 is 4.79 Å². The van der Waals surface area contributed by atoms with E-state index < -0.39 is 0 Å². The highest BCUT2D eigenvalue weighted by Gasteiger charge is 2.05. The monoisotopic (exact) mass is 283 g/mol. The van der Waals surface area contributed by atoms with Crippen LogP contribution in [0, 0.1) is 13.8 Å². The van der Waals surface area contributed by atoms with Crippen LogP contribution in [0.3, 0.4) is 0 Å². The van der Waals surface area contributed by atoms with Gasteiger partial charge in [0.05, 0.1) is 11.4 Å². The highest BCUT2D eigenvalue weighted by molar-refractivity contribution is 5.92. The van der Waals surface area contributed by atoms with Crippen LogP contribution in [0.15, 0.2) is 42.5 Å². The Morgan fingerprint density at radius 3 is 2.67 bits per heavy atom. The van der Waals surface area contributed by atoms with Crippen LogP contribution in [0.5, 0.6) is 0 Å². The molecule has 2 aromatic rings. The van der Waals surface area contributed by atoms with Crippen LogP contribution in [-0.2, 0) is 6.42 Å². The molecule has 0 aliphatic heterocycles. The number of carbonyl (C=O) groups excluding carboxylic acids is 1. The van der Waals surface area contributed by atoms with Crippen molar-refractivity contribution in [2.45, 2.75) is 20.3 Å². The summed E-state index contributed by atoms with van der Waals surface area (Å²) >= 11 is 0. The molecule has 0 bridgehead atoms. The van der Waals surface area contributed by atoms with Crippen molar-refractivity contribution in [3.05, 3.63) is 59.2 Å². The number of carbonyl (C=O) groups is 1. The fraction of sp³-hybridized carbons (Fsp3) is 0.235. The molecule has 0 fully saturated rings. The van der Waals surface area contributed by atoms with Crippen LogP contribution in [0.2, 0.25) is 0 Å². The molecule has 0 heterocycles. The Hall–Kier alpha value is -2.49. The summed E-state index contributed by atoms with van der Waals surface area (Å²) in [6, 6.07) is 13.5. The largest absolute Gasteiger partial charge is 0.397 e. The van der Waals surface area contributed by atoms with Crippen molar-refractivity contribution in [3.8, 4) is 0 Å². The second-order valence-electron chi connectivity index (χ2n) is 5.15. The number of amides is 2. The third-order valence-corrected chi connectivity index (χ3v) is 3.40. The summed E-state index contributed by atoms with van der Waals surface area (Å²) in [6.45, 7) is 4.62. The van der Waals surface area contributed by atoms with Crippen molar-refractivity contribution in [1.29, 1.82) is 0 Å². The van der Waals surface area contributed by atoms with E-state index in [9.17, 15) is 4.79 Å². The van der Waals surface area contributed by atoms with E-state index in [1.54, 1.807) is 6.07 Å². The Labute approximate surface area is 125 Å². The van der Waals surface area contributed by atoms with E-state index in [4.69, 9.17) is 5.73 Å². The second kappa shape index (κ2) is 6.79. The first kappa shape index (κ1) is 14.9. The van der Waals surface area contributed by atoms with Crippen molar-refractivity contribution >= 4 is 17.4 Å². The number of anilines is 2. The van der Waals surface area contributed by atoms with E-state index >= 15 is 0 Å². The van der Waals surface area contributed by atoms with Gasteiger partial charge >= 0.3 is 6.03 Å². The summed E-state index contributed by atoms with van der Waals surface area (Å²) in [5, 5.41) is 5.62. The second-order valence-corrected chi connectivity index (χ2v) is 5.15. The number of nitrogens with one attached hydrogen (secondary N) is 2. The van der Waals surface area contributed by atoms with Gasteiger partial charge < -0.3 is 16.4 Å². The summed E-state index contributed by atoms with van der Waals surface area (Å²) in [5.74, 6) is 0. The zero-order chi connectivity index (χ0) is 15.2. The fourth-order valence-corrected chi connectivity index (χ4v) is 2.15. The van der Waals surface area contributed by atoms with Gasteiger partial charge in [-0.2, -0.15) is 0 Å². The van der Waals surface area contributed by atoms with E-state index in [0.29, 0.717) is 17.9 Å². The molecule has 2 aromatic carbocycles. The van der Waals surface area contributed by atoms with Crippen molar-refractivity contribution in [2.75, 3.05) is 17.6 Å². The number of urea groups is 1. The van der Waals surface area contributed by atoms with Crippen LogP contribution < -0.4 is 16.4 Å². The Morgan fingerprint density at radius 2 is 1.90 bits per heavy atom. The minimum Gasteiger partial charge on any atom is -0.397 e. The van der Waals surface area contributed by atoms with Gasteiger partial charge in [-0.25, -0.2) is 4.79 Å². The Balaban J connectivity index is 1.85. The van der Waals surface area contributed by atoms with E-state index in [1.807, 2.05) is 31.2 Å². The smallest absolute Gasteiger partial charge is 0.319 e. The molecule has 0 aromatic heterocycles. The van der Waals surface area contributed by atoms with Gasteiger partial charge in [-0.3, -0.25) is 0 Å². The zero-order valence-corrected chi connectivity index (χ0v) is 12.4. The van der Waals surface area contributed by atoms with Gasteiger partial charge in [0.2, 0.25) is 0 Å². The third kappa shape index (κ3) is 4.24. The molecular weight excluding hydrogens is 262 g/mol. The maximum Gasteiger partial charge on any atom is 0.319 e. The number of benzene rings is 2. The van der Waals surface area contributed by atoms with Crippen LogP contribution in [0.1, 0.15) is 16.7 Å².